The lowest BCUT2D eigenvalue weighted by Crippen LogP contribution is -1.97. The molecule has 0 radical (unpaired) electrons. The number of aromatic amines is 1. The Morgan fingerprint density at radius 2 is 2.05 bits per heavy atom. The predicted molar refractivity (Wildman–Crippen MR) is 68.4 cm³/mol. The van der Waals surface area contributed by atoms with Crippen molar-refractivity contribution in [2.45, 2.75) is 0 Å². The van der Waals surface area contributed by atoms with E-state index in [0.29, 0.717) is 11.4 Å². The van der Waals surface area contributed by atoms with Crippen LogP contribution in [0.2, 0.25) is 0 Å². The number of nitrogens with zero attached hydrogens (tertiary/aromatic N) is 1. The fourth-order valence-corrected chi connectivity index (χ4v) is 1.95. The Balaban J connectivity index is 2.13. The first-order valence-electron chi connectivity index (χ1n) is 5.61. The summed E-state index contributed by atoms with van der Waals surface area (Å²) in [4.78, 5) is 18.1. The normalized spacial score (nSPS) is 10.8. The molecular formula is C14H9FN2O2. The molecule has 0 fully saturated rings. The van der Waals surface area contributed by atoms with Crippen molar-refractivity contribution in [3.8, 4) is 11.4 Å². The minimum Gasteiger partial charge on any atom is -0.478 e. The molecule has 19 heavy (non-hydrogen) atoms. The standard InChI is InChI=1S/C14H9FN2O2/c15-10-1-2-11-9(5-10)7-13(17-11)12-6-8(14(18)19)3-4-16-12/h1-7,17H,(H,18,19). The molecule has 0 aliphatic rings. The van der Waals surface area contributed by atoms with E-state index >= 15 is 0 Å². The van der Waals surface area contributed by atoms with Crippen molar-refractivity contribution in [1.29, 1.82) is 0 Å². The van der Waals surface area contributed by atoms with Gasteiger partial charge in [-0.25, -0.2) is 9.18 Å². The fraction of sp³-hybridized carbons (Fsp3) is 0. The molecule has 0 saturated carbocycles. The Bertz CT molecular complexity index is 780. The Morgan fingerprint density at radius 3 is 2.84 bits per heavy atom. The zero-order valence-electron chi connectivity index (χ0n) is 9.72. The van der Waals surface area contributed by atoms with Gasteiger partial charge < -0.3 is 10.1 Å². The smallest absolute Gasteiger partial charge is 0.335 e. The molecule has 2 heterocycles. The largest absolute Gasteiger partial charge is 0.478 e. The van der Waals surface area contributed by atoms with E-state index in [2.05, 4.69) is 9.97 Å². The number of hydrogen-bond donors (Lipinski definition) is 2. The van der Waals surface area contributed by atoms with Gasteiger partial charge in [0.2, 0.25) is 0 Å². The van der Waals surface area contributed by atoms with Crippen molar-refractivity contribution < 1.29 is 14.3 Å². The lowest BCUT2D eigenvalue weighted by atomic mass is 10.2. The molecule has 0 aliphatic heterocycles. The summed E-state index contributed by atoms with van der Waals surface area (Å²) in [5, 5.41) is 9.66. The van der Waals surface area contributed by atoms with Crippen molar-refractivity contribution in [1.82, 2.24) is 9.97 Å². The Hall–Kier alpha value is -2.69. The molecule has 1 aromatic carbocycles. The van der Waals surface area contributed by atoms with Gasteiger partial charge in [-0.05, 0) is 36.4 Å². The van der Waals surface area contributed by atoms with Crippen LogP contribution in [0, 0.1) is 5.82 Å². The van der Waals surface area contributed by atoms with Crippen LogP contribution < -0.4 is 0 Å². The second-order valence-electron chi connectivity index (χ2n) is 4.15. The number of pyridine rings is 1. The van der Waals surface area contributed by atoms with Crippen LogP contribution in [0.3, 0.4) is 0 Å². The third-order valence-corrected chi connectivity index (χ3v) is 2.87. The van der Waals surface area contributed by atoms with Crippen molar-refractivity contribution in [3.63, 3.8) is 0 Å². The van der Waals surface area contributed by atoms with Gasteiger partial charge in [0.05, 0.1) is 17.0 Å². The fourth-order valence-electron chi connectivity index (χ4n) is 1.95. The van der Waals surface area contributed by atoms with Gasteiger partial charge in [0, 0.05) is 17.1 Å². The summed E-state index contributed by atoms with van der Waals surface area (Å²) >= 11 is 0. The number of carboxylic acid groups (broad SMARTS) is 1. The summed E-state index contributed by atoms with van der Waals surface area (Å²) in [7, 11) is 0. The summed E-state index contributed by atoms with van der Waals surface area (Å²) in [6, 6.07) is 9.05. The van der Waals surface area contributed by atoms with E-state index in [-0.39, 0.29) is 11.4 Å². The first kappa shape index (κ1) is 11.4. The molecule has 5 heteroatoms. The second-order valence-corrected chi connectivity index (χ2v) is 4.15. The molecule has 0 atom stereocenters. The zero-order chi connectivity index (χ0) is 13.4. The van der Waals surface area contributed by atoms with Crippen molar-refractivity contribution in [2.75, 3.05) is 0 Å². The molecule has 4 nitrogen and oxygen atoms in total. The molecule has 3 rings (SSSR count). The van der Waals surface area contributed by atoms with Gasteiger partial charge in [-0.3, -0.25) is 4.98 Å². The lowest BCUT2D eigenvalue weighted by Gasteiger charge is -1.98. The maximum absolute atomic E-state index is 13.1. The first-order chi connectivity index (χ1) is 9.13. The van der Waals surface area contributed by atoms with Gasteiger partial charge in [0.15, 0.2) is 0 Å². The molecule has 0 saturated heterocycles. The van der Waals surface area contributed by atoms with E-state index in [4.69, 9.17) is 5.11 Å². The van der Waals surface area contributed by atoms with E-state index < -0.39 is 5.97 Å². The number of nitrogens with one attached hydrogen (secondary N) is 1. The number of benzene rings is 1. The van der Waals surface area contributed by atoms with Crippen LogP contribution in [0.15, 0.2) is 42.6 Å². The van der Waals surface area contributed by atoms with Gasteiger partial charge in [-0.2, -0.15) is 0 Å². The van der Waals surface area contributed by atoms with E-state index in [1.807, 2.05) is 0 Å². The number of H-pyrrole nitrogens is 1. The van der Waals surface area contributed by atoms with E-state index in [0.717, 1.165) is 10.9 Å². The zero-order valence-corrected chi connectivity index (χ0v) is 9.72. The van der Waals surface area contributed by atoms with Crippen LogP contribution in [0.4, 0.5) is 4.39 Å². The Morgan fingerprint density at radius 1 is 1.21 bits per heavy atom. The molecule has 0 spiro atoms. The minimum absolute atomic E-state index is 0.162. The molecule has 0 bridgehead atoms. The third kappa shape index (κ3) is 2.06. The summed E-state index contributed by atoms with van der Waals surface area (Å²) in [6.07, 6.45) is 1.44. The molecule has 0 amide bonds. The summed E-state index contributed by atoms with van der Waals surface area (Å²) in [5.74, 6) is -1.32. The molecule has 0 unspecified atom stereocenters. The van der Waals surface area contributed by atoms with Crippen molar-refractivity contribution in [3.05, 3.63) is 54.0 Å². The van der Waals surface area contributed by atoms with Gasteiger partial charge in [-0.15, -0.1) is 0 Å². The van der Waals surface area contributed by atoms with E-state index in [9.17, 15) is 9.18 Å². The number of carboxylic acids is 1. The van der Waals surface area contributed by atoms with Crippen LogP contribution >= 0.6 is 0 Å². The maximum Gasteiger partial charge on any atom is 0.335 e. The highest BCUT2D eigenvalue weighted by Gasteiger charge is 2.08. The molecule has 2 N–H and O–H groups in total. The average Bonchev–Trinajstić information content (AvgIpc) is 2.81. The minimum atomic E-state index is -1.01. The van der Waals surface area contributed by atoms with Crippen molar-refractivity contribution in [2.24, 2.45) is 0 Å². The molecule has 2 aromatic heterocycles. The van der Waals surface area contributed by atoms with Crippen LogP contribution in [-0.4, -0.2) is 21.0 Å². The molecule has 94 valence electrons. The highest BCUT2D eigenvalue weighted by atomic mass is 19.1. The number of aromatic carboxylic acids is 1. The number of fused-ring (bicyclic) bond motifs is 1. The van der Waals surface area contributed by atoms with E-state index in [1.54, 1.807) is 12.1 Å². The molecule has 0 aliphatic carbocycles. The Labute approximate surface area is 107 Å². The monoisotopic (exact) mass is 256 g/mol. The van der Waals surface area contributed by atoms with Crippen LogP contribution in [0.25, 0.3) is 22.3 Å². The summed E-state index contributed by atoms with van der Waals surface area (Å²) in [5.41, 5.74) is 2.11. The van der Waals surface area contributed by atoms with Crippen molar-refractivity contribution >= 4 is 16.9 Å². The number of aromatic nitrogens is 2. The third-order valence-electron chi connectivity index (χ3n) is 2.87. The number of rotatable bonds is 2. The number of carbonyl (C=O) groups is 1. The maximum atomic E-state index is 13.1. The highest BCUT2D eigenvalue weighted by molar-refractivity contribution is 5.90. The van der Waals surface area contributed by atoms with Gasteiger partial charge in [0.1, 0.15) is 5.82 Å². The van der Waals surface area contributed by atoms with Gasteiger partial charge >= 0.3 is 5.97 Å². The second kappa shape index (κ2) is 4.20. The number of hydrogen-bond acceptors (Lipinski definition) is 2. The predicted octanol–water partition coefficient (Wildman–Crippen LogP) is 3.07. The van der Waals surface area contributed by atoms with Gasteiger partial charge in [-0.1, -0.05) is 0 Å². The average molecular weight is 256 g/mol. The van der Waals surface area contributed by atoms with E-state index in [1.165, 1.54) is 30.5 Å². The summed E-state index contributed by atoms with van der Waals surface area (Å²) < 4.78 is 13.1. The molecular weight excluding hydrogens is 247 g/mol. The number of halogens is 1. The van der Waals surface area contributed by atoms with Crippen LogP contribution in [0.5, 0.6) is 0 Å². The Kier molecular flexibility index (Phi) is 2.52. The van der Waals surface area contributed by atoms with Crippen LogP contribution in [0.1, 0.15) is 10.4 Å². The topological polar surface area (TPSA) is 66.0 Å². The highest BCUT2D eigenvalue weighted by Crippen LogP contribution is 2.23. The van der Waals surface area contributed by atoms with Crippen LogP contribution in [-0.2, 0) is 0 Å². The SMILES string of the molecule is O=C(O)c1ccnc(-c2cc3cc(F)ccc3[nH]2)c1. The summed E-state index contributed by atoms with van der Waals surface area (Å²) in [6.45, 7) is 0. The van der Waals surface area contributed by atoms with Gasteiger partial charge in [0.25, 0.3) is 0 Å². The lowest BCUT2D eigenvalue weighted by molar-refractivity contribution is 0.0697. The first-order valence-corrected chi connectivity index (χ1v) is 5.61. The quantitative estimate of drug-likeness (QED) is 0.740. The molecule has 3 aromatic rings.